The van der Waals surface area contributed by atoms with E-state index in [1.807, 2.05) is 0 Å². The summed E-state index contributed by atoms with van der Waals surface area (Å²) in [4.78, 5) is 5.11. The van der Waals surface area contributed by atoms with Crippen LogP contribution in [0.2, 0.25) is 0 Å². The van der Waals surface area contributed by atoms with Crippen molar-refractivity contribution in [3.05, 3.63) is 0 Å². The van der Waals surface area contributed by atoms with Crippen LogP contribution in [-0.4, -0.2) is 67.3 Å². The Bertz CT molecular complexity index is 352. The highest BCUT2D eigenvalue weighted by molar-refractivity contribution is 5.20. The summed E-state index contributed by atoms with van der Waals surface area (Å²) in [6, 6.07) is 0. The lowest BCUT2D eigenvalue weighted by Crippen LogP contribution is -2.80. The Morgan fingerprint density at radius 3 is 2.45 bits per heavy atom. The van der Waals surface area contributed by atoms with Gasteiger partial charge in [0.05, 0.1) is 6.10 Å². The van der Waals surface area contributed by atoms with Crippen LogP contribution in [0.4, 0.5) is 0 Å². The molecule has 0 aromatic heterocycles. The van der Waals surface area contributed by atoms with E-state index in [1.165, 1.54) is 45.6 Å². The van der Waals surface area contributed by atoms with E-state index in [-0.39, 0.29) is 11.0 Å². The third kappa shape index (κ3) is 2.12. The topological polar surface area (TPSA) is 41.7 Å². The molecule has 0 spiro atoms. The van der Waals surface area contributed by atoms with Gasteiger partial charge in [0.1, 0.15) is 0 Å². The van der Waals surface area contributed by atoms with Gasteiger partial charge in [-0.3, -0.25) is 4.90 Å². The van der Waals surface area contributed by atoms with E-state index in [2.05, 4.69) is 30.6 Å². The normalized spacial score (nSPS) is 42.0. The van der Waals surface area contributed by atoms with Crippen molar-refractivity contribution in [1.82, 2.24) is 9.80 Å². The van der Waals surface area contributed by atoms with E-state index in [0.29, 0.717) is 12.0 Å². The van der Waals surface area contributed by atoms with Crippen LogP contribution in [0.3, 0.4) is 0 Å². The largest absolute Gasteiger partial charge is 0.377 e. The highest BCUT2D eigenvalue weighted by atomic mass is 16.5. The van der Waals surface area contributed by atoms with Gasteiger partial charge < -0.3 is 15.4 Å². The zero-order valence-corrected chi connectivity index (χ0v) is 13.4. The summed E-state index contributed by atoms with van der Waals surface area (Å²) in [5, 5.41) is 0. The number of rotatable bonds is 3. The molecule has 4 heteroatoms. The van der Waals surface area contributed by atoms with Gasteiger partial charge in [0.15, 0.2) is 0 Å². The Morgan fingerprint density at radius 2 is 1.80 bits per heavy atom. The average Bonchev–Trinajstić information content (AvgIpc) is 2.48. The zero-order valence-electron chi connectivity index (χ0n) is 13.4. The van der Waals surface area contributed by atoms with E-state index in [4.69, 9.17) is 10.5 Å². The number of fused-ring (bicyclic) bond motifs is 1. The second kappa shape index (κ2) is 5.24. The average molecular weight is 281 g/mol. The van der Waals surface area contributed by atoms with E-state index in [9.17, 15) is 0 Å². The number of piperazine rings is 1. The fraction of sp³-hybridized carbons (Fsp3) is 1.00. The van der Waals surface area contributed by atoms with E-state index in [0.717, 1.165) is 13.2 Å². The first-order chi connectivity index (χ1) is 9.49. The third-order valence-electron chi connectivity index (χ3n) is 6.29. The Balaban J connectivity index is 1.64. The van der Waals surface area contributed by atoms with E-state index >= 15 is 0 Å². The lowest BCUT2D eigenvalue weighted by molar-refractivity contribution is -0.232. The van der Waals surface area contributed by atoms with Crippen molar-refractivity contribution < 1.29 is 4.74 Å². The number of ether oxygens (including phenoxy) is 1. The summed E-state index contributed by atoms with van der Waals surface area (Å²) in [5.74, 6) is 0.565. The molecule has 4 nitrogen and oxygen atoms in total. The fourth-order valence-electron chi connectivity index (χ4n) is 4.62. The summed E-state index contributed by atoms with van der Waals surface area (Å²) in [7, 11) is 0. The predicted molar refractivity (Wildman–Crippen MR) is 81.7 cm³/mol. The number of nitrogens with two attached hydrogens (primary N) is 1. The van der Waals surface area contributed by atoms with Crippen molar-refractivity contribution in [1.29, 1.82) is 0 Å². The number of likely N-dealkylation sites (N-methyl/N-ethyl adjacent to an activating group) is 1. The maximum atomic E-state index is 6.90. The first-order valence-corrected chi connectivity index (χ1v) is 8.34. The van der Waals surface area contributed by atoms with Crippen LogP contribution in [0, 0.1) is 11.3 Å². The fourth-order valence-corrected chi connectivity index (χ4v) is 4.62. The first-order valence-electron chi connectivity index (χ1n) is 8.34. The molecule has 20 heavy (non-hydrogen) atoms. The molecule has 116 valence electrons. The quantitative estimate of drug-likeness (QED) is 0.843. The molecule has 0 aromatic rings. The summed E-state index contributed by atoms with van der Waals surface area (Å²) in [6.45, 7) is 14.7. The van der Waals surface area contributed by atoms with Gasteiger partial charge in [-0.2, -0.15) is 0 Å². The molecular formula is C16H31N3O. The molecule has 3 atom stereocenters. The molecular weight excluding hydrogens is 250 g/mol. The second-order valence-electron chi connectivity index (χ2n) is 7.51. The van der Waals surface area contributed by atoms with Crippen LogP contribution in [0.25, 0.3) is 0 Å². The molecule has 2 N–H and O–H groups in total. The maximum Gasteiger partial charge on any atom is 0.0690 e. The van der Waals surface area contributed by atoms with Gasteiger partial charge in [0.2, 0.25) is 0 Å². The van der Waals surface area contributed by atoms with Crippen molar-refractivity contribution in [2.45, 2.75) is 45.3 Å². The Kier molecular flexibility index (Phi) is 3.87. The molecule has 0 bridgehead atoms. The van der Waals surface area contributed by atoms with Gasteiger partial charge in [0.25, 0.3) is 0 Å². The Morgan fingerprint density at radius 1 is 1.15 bits per heavy atom. The number of hydrogen-bond acceptors (Lipinski definition) is 4. The minimum Gasteiger partial charge on any atom is -0.377 e. The molecule has 3 rings (SSSR count). The molecule has 0 radical (unpaired) electrons. The molecule has 2 aliphatic heterocycles. The summed E-state index contributed by atoms with van der Waals surface area (Å²) in [5.41, 5.74) is 6.95. The van der Waals surface area contributed by atoms with Crippen molar-refractivity contribution in [3.8, 4) is 0 Å². The van der Waals surface area contributed by atoms with Gasteiger partial charge in [-0.25, -0.2) is 0 Å². The highest BCUT2D eigenvalue weighted by Crippen LogP contribution is 2.57. The van der Waals surface area contributed by atoms with E-state index < -0.39 is 0 Å². The zero-order chi connectivity index (χ0) is 14.4. The third-order valence-corrected chi connectivity index (χ3v) is 6.29. The SMILES string of the molecule is CCN1CCN(CC2(N)C3CCCOC3C2(C)C)CC1. The molecule has 0 amide bonds. The number of hydrogen-bond donors (Lipinski definition) is 1. The summed E-state index contributed by atoms with van der Waals surface area (Å²) < 4.78 is 6.00. The smallest absolute Gasteiger partial charge is 0.0690 e. The number of nitrogens with zero attached hydrogens (tertiary/aromatic N) is 2. The molecule has 0 aromatic carbocycles. The van der Waals surface area contributed by atoms with E-state index in [1.54, 1.807) is 0 Å². The molecule has 1 saturated carbocycles. The molecule has 2 heterocycles. The summed E-state index contributed by atoms with van der Waals surface area (Å²) in [6.07, 6.45) is 2.82. The monoisotopic (exact) mass is 281 g/mol. The Labute approximate surface area is 123 Å². The Hall–Kier alpha value is -0.160. The van der Waals surface area contributed by atoms with Crippen LogP contribution >= 0.6 is 0 Å². The van der Waals surface area contributed by atoms with Gasteiger partial charge in [-0.15, -0.1) is 0 Å². The lowest BCUT2D eigenvalue weighted by atomic mass is 9.46. The minimum atomic E-state index is -0.0630. The van der Waals surface area contributed by atoms with Gasteiger partial charge >= 0.3 is 0 Å². The summed E-state index contributed by atoms with van der Waals surface area (Å²) >= 11 is 0. The van der Waals surface area contributed by atoms with Crippen molar-refractivity contribution in [2.24, 2.45) is 17.1 Å². The van der Waals surface area contributed by atoms with Crippen LogP contribution in [0.5, 0.6) is 0 Å². The standard InChI is InChI=1S/C16H31N3O/c1-4-18-7-9-19(10-8-18)12-16(17)13-6-5-11-20-14(13)15(16,2)3/h13-14H,4-12,17H2,1-3H3. The second-order valence-corrected chi connectivity index (χ2v) is 7.51. The van der Waals surface area contributed by atoms with Gasteiger partial charge in [-0.05, 0) is 19.4 Å². The van der Waals surface area contributed by atoms with Crippen molar-refractivity contribution >= 4 is 0 Å². The van der Waals surface area contributed by atoms with Crippen molar-refractivity contribution in [3.63, 3.8) is 0 Å². The molecule has 2 saturated heterocycles. The minimum absolute atomic E-state index is 0.0630. The van der Waals surface area contributed by atoms with Crippen LogP contribution in [-0.2, 0) is 4.74 Å². The molecule has 1 aliphatic carbocycles. The lowest BCUT2D eigenvalue weighted by Gasteiger charge is -2.67. The van der Waals surface area contributed by atoms with Gasteiger partial charge in [0, 0.05) is 56.2 Å². The molecule has 3 unspecified atom stereocenters. The molecule has 3 aliphatic rings. The maximum absolute atomic E-state index is 6.90. The molecule has 3 fully saturated rings. The first kappa shape index (κ1) is 14.8. The predicted octanol–water partition coefficient (Wildman–Crippen LogP) is 1.16. The van der Waals surface area contributed by atoms with Crippen LogP contribution < -0.4 is 5.73 Å². The van der Waals surface area contributed by atoms with Crippen LogP contribution in [0.15, 0.2) is 0 Å². The highest BCUT2D eigenvalue weighted by Gasteiger charge is 2.66. The van der Waals surface area contributed by atoms with Gasteiger partial charge in [-0.1, -0.05) is 20.8 Å². The van der Waals surface area contributed by atoms with Crippen LogP contribution in [0.1, 0.15) is 33.6 Å². The van der Waals surface area contributed by atoms with Crippen molar-refractivity contribution in [2.75, 3.05) is 45.9 Å².